The molecule has 0 N–H and O–H groups in total. The van der Waals surface area contributed by atoms with Crippen LogP contribution in [0.3, 0.4) is 0 Å². The number of carbonyl (C=O) groups excluding carboxylic acids is 1. The molecule has 0 bridgehead atoms. The van der Waals surface area contributed by atoms with Crippen LogP contribution >= 0.6 is 11.6 Å². The molecule has 1 aliphatic rings. The van der Waals surface area contributed by atoms with Crippen molar-refractivity contribution >= 4 is 17.4 Å². The molecule has 0 aromatic carbocycles. The highest BCUT2D eigenvalue weighted by molar-refractivity contribution is 6.31. The number of ketones is 1. The number of hydrogen-bond donors (Lipinski definition) is 0. The van der Waals surface area contributed by atoms with Gasteiger partial charge in [-0.3, -0.25) is 4.79 Å². The molecule has 0 spiro atoms. The summed E-state index contributed by atoms with van der Waals surface area (Å²) in [6, 6.07) is 0. The topological polar surface area (TPSA) is 17.1 Å². The van der Waals surface area contributed by atoms with Crippen LogP contribution < -0.4 is 0 Å². The fourth-order valence-electron chi connectivity index (χ4n) is 1.80. The second-order valence-electron chi connectivity index (χ2n) is 4.03. The lowest BCUT2D eigenvalue weighted by Crippen LogP contribution is -1.95. The lowest BCUT2D eigenvalue weighted by Gasteiger charge is -2.04. The van der Waals surface area contributed by atoms with E-state index in [1.807, 2.05) is 0 Å². The second kappa shape index (κ2) is 7.05. The number of rotatable bonds is 0. The summed E-state index contributed by atoms with van der Waals surface area (Å²) in [5.74, 6) is 0.204. The van der Waals surface area contributed by atoms with Crippen LogP contribution in [0.15, 0.2) is 11.1 Å². The maximum absolute atomic E-state index is 11.3. The van der Waals surface area contributed by atoms with E-state index in [-0.39, 0.29) is 5.78 Å². The summed E-state index contributed by atoms with van der Waals surface area (Å²) < 4.78 is 0. The molecule has 0 radical (unpaired) electrons. The van der Waals surface area contributed by atoms with Gasteiger partial charge in [-0.2, -0.15) is 0 Å². The standard InChI is InChI=1S/C12H19ClO/c13-11-8-6-4-2-1-3-5-7-9-12(14)10-11/h10H,1-9H2. The van der Waals surface area contributed by atoms with E-state index >= 15 is 0 Å². The lowest BCUT2D eigenvalue weighted by molar-refractivity contribution is -0.114. The fraction of sp³-hybridized carbons (Fsp3) is 0.750. The molecule has 1 nitrogen and oxygen atoms in total. The smallest absolute Gasteiger partial charge is 0.156 e. The van der Waals surface area contributed by atoms with Gasteiger partial charge in [-0.15, -0.1) is 0 Å². The van der Waals surface area contributed by atoms with E-state index in [1.54, 1.807) is 6.08 Å². The Balaban J connectivity index is 2.40. The molecule has 0 saturated heterocycles. The van der Waals surface area contributed by atoms with Crippen LogP contribution in [0.5, 0.6) is 0 Å². The molecule has 2 heteroatoms. The predicted octanol–water partition coefficient (Wildman–Crippen LogP) is 4.20. The van der Waals surface area contributed by atoms with Crippen LogP contribution in [0.25, 0.3) is 0 Å². The van der Waals surface area contributed by atoms with Crippen molar-refractivity contribution in [2.24, 2.45) is 0 Å². The van der Waals surface area contributed by atoms with Crippen molar-refractivity contribution in [3.8, 4) is 0 Å². The molecule has 80 valence electrons. The Morgan fingerprint density at radius 1 is 0.857 bits per heavy atom. The highest BCUT2D eigenvalue weighted by Crippen LogP contribution is 2.17. The first kappa shape index (κ1) is 11.8. The Kier molecular flexibility index (Phi) is 5.93. The zero-order valence-corrected chi connectivity index (χ0v) is 9.48. The van der Waals surface area contributed by atoms with E-state index in [0.717, 1.165) is 24.3 Å². The molecule has 0 saturated carbocycles. The molecule has 0 heterocycles. The molecule has 1 rings (SSSR count). The number of carbonyl (C=O) groups is 1. The molecular weight excluding hydrogens is 196 g/mol. The Bertz CT molecular complexity index is 208. The fourth-order valence-corrected chi connectivity index (χ4v) is 2.05. The summed E-state index contributed by atoms with van der Waals surface area (Å²) in [4.78, 5) is 11.3. The van der Waals surface area contributed by atoms with Crippen molar-refractivity contribution in [2.45, 2.75) is 57.8 Å². The summed E-state index contributed by atoms with van der Waals surface area (Å²) in [5, 5.41) is 0.746. The van der Waals surface area contributed by atoms with Gasteiger partial charge in [0.15, 0.2) is 5.78 Å². The van der Waals surface area contributed by atoms with E-state index in [1.165, 1.54) is 32.1 Å². The van der Waals surface area contributed by atoms with Crippen LogP contribution in [0.2, 0.25) is 0 Å². The molecule has 0 aliphatic heterocycles. The largest absolute Gasteiger partial charge is 0.295 e. The van der Waals surface area contributed by atoms with Crippen LogP contribution in [-0.2, 0) is 4.79 Å². The third kappa shape index (κ3) is 5.43. The van der Waals surface area contributed by atoms with Crippen LogP contribution in [0.1, 0.15) is 57.8 Å². The minimum Gasteiger partial charge on any atom is -0.295 e. The Hall–Kier alpha value is -0.300. The third-order valence-corrected chi connectivity index (χ3v) is 2.95. The summed E-state index contributed by atoms with van der Waals surface area (Å²) in [6.07, 6.45) is 11.7. The maximum Gasteiger partial charge on any atom is 0.156 e. The van der Waals surface area contributed by atoms with E-state index in [2.05, 4.69) is 0 Å². The summed E-state index contributed by atoms with van der Waals surface area (Å²) in [6.45, 7) is 0. The SMILES string of the molecule is O=C1C=C(Cl)CCCCCCCCC1. The van der Waals surface area contributed by atoms with Gasteiger partial charge < -0.3 is 0 Å². The van der Waals surface area contributed by atoms with Gasteiger partial charge in [-0.05, 0) is 25.3 Å². The van der Waals surface area contributed by atoms with E-state index < -0.39 is 0 Å². The molecule has 1 aliphatic carbocycles. The molecule has 0 amide bonds. The van der Waals surface area contributed by atoms with Gasteiger partial charge in [0.25, 0.3) is 0 Å². The van der Waals surface area contributed by atoms with Gasteiger partial charge in [0.05, 0.1) is 0 Å². The van der Waals surface area contributed by atoms with Gasteiger partial charge in [0, 0.05) is 11.5 Å². The highest BCUT2D eigenvalue weighted by atomic mass is 35.5. The molecule has 0 aromatic rings. The van der Waals surface area contributed by atoms with Gasteiger partial charge in [-0.25, -0.2) is 0 Å². The monoisotopic (exact) mass is 214 g/mol. The lowest BCUT2D eigenvalue weighted by atomic mass is 10.0. The molecule has 0 fully saturated rings. The Morgan fingerprint density at radius 3 is 2.00 bits per heavy atom. The average molecular weight is 215 g/mol. The van der Waals surface area contributed by atoms with E-state index in [0.29, 0.717) is 6.42 Å². The third-order valence-electron chi connectivity index (χ3n) is 2.66. The highest BCUT2D eigenvalue weighted by Gasteiger charge is 2.02. The minimum atomic E-state index is 0.204. The Morgan fingerprint density at radius 2 is 1.36 bits per heavy atom. The zero-order valence-electron chi connectivity index (χ0n) is 8.73. The number of halogens is 1. The van der Waals surface area contributed by atoms with Crippen molar-refractivity contribution in [2.75, 3.05) is 0 Å². The summed E-state index contributed by atoms with van der Waals surface area (Å²) in [5.41, 5.74) is 0. The molecular formula is C12H19ClO. The van der Waals surface area contributed by atoms with Crippen molar-refractivity contribution in [3.63, 3.8) is 0 Å². The van der Waals surface area contributed by atoms with Crippen LogP contribution in [-0.4, -0.2) is 5.78 Å². The van der Waals surface area contributed by atoms with Gasteiger partial charge in [-0.1, -0.05) is 43.7 Å². The maximum atomic E-state index is 11.3. The second-order valence-corrected chi connectivity index (χ2v) is 4.52. The molecule has 0 aromatic heterocycles. The van der Waals surface area contributed by atoms with Gasteiger partial charge in [0.1, 0.15) is 0 Å². The summed E-state index contributed by atoms with van der Waals surface area (Å²) >= 11 is 5.95. The Labute approximate surface area is 91.5 Å². The van der Waals surface area contributed by atoms with Gasteiger partial charge in [0.2, 0.25) is 0 Å². The van der Waals surface area contributed by atoms with Crippen molar-refractivity contribution < 1.29 is 4.79 Å². The first-order valence-corrected chi connectivity index (χ1v) is 6.06. The first-order valence-electron chi connectivity index (χ1n) is 5.68. The normalized spacial score (nSPS) is 22.1. The quantitative estimate of drug-likeness (QED) is 0.591. The predicted molar refractivity (Wildman–Crippen MR) is 60.5 cm³/mol. The van der Waals surface area contributed by atoms with Crippen molar-refractivity contribution in [1.29, 1.82) is 0 Å². The minimum absolute atomic E-state index is 0.204. The number of hydrogen-bond acceptors (Lipinski definition) is 1. The number of allylic oxidation sites excluding steroid dienone is 2. The van der Waals surface area contributed by atoms with Crippen molar-refractivity contribution in [1.82, 2.24) is 0 Å². The van der Waals surface area contributed by atoms with Crippen LogP contribution in [0.4, 0.5) is 0 Å². The molecule has 0 atom stereocenters. The van der Waals surface area contributed by atoms with Crippen molar-refractivity contribution in [3.05, 3.63) is 11.1 Å². The first-order chi connectivity index (χ1) is 6.79. The van der Waals surface area contributed by atoms with E-state index in [9.17, 15) is 4.79 Å². The van der Waals surface area contributed by atoms with E-state index in [4.69, 9.17) is 11.6 Å². The van der Waals surface area contributed by atoms with Gasteiger partial charge >= 0.3 is 0 Å². The molecule has 0 unspecified atom stereocenters. The molecule has 14 heavy (non-hydrogen) atoms. The zero-order chi connectivity index (χ0) is 10.2. The van der Waals surface area contributed by atoms with Crippen LogP contribution in [0, 0.1) is 0 Å². The average Bonchev–Trinajstić information content (AvgIpc) is 2.13. The summed E-state index contributed by atoms with van der Waals surface area (Å²) in [7, 11) is 0.